The van der Waals surface area contributed by atoms with Crippen LogP contribution in [-0.2, 0) is 0 Å². The normalized spacial score (nSPS) is 15.0. The van der Waals surface area contributed by atoms with Gasteiger partial charge in [-0.15, -0.1) is 0 Å². The molecular weight excluding hydrogens is 342 g/mol. The number of ether oxygens (including phenoxy) is 1. The predicted molar refractivity (Wildman–Crippen MR) is 95.2 cm³/mol. The van der Waals surface area contributed by atoms with Crippen LogP contribution in [0.1, 0.15) is 27.1 Å². The van der Waals surface area contributed by atoms with E-state index in [1.54, 1.807) is 46.5 Å². The van der Waals surface area contributed by atoms with Crippen molar-refractivity contribution in [2.24, 2.45) is 0 Å². The van der Waals surface area contributed by atoms with E-state index >= 15 is 0 Å². The number of hydrogen-bond acceptors (Lipinski definition) is 3. The summed E-state index contributed by atoms with van der Waals surface area (Å²) in [6.07, 6.45) is 4.14. The number of benzene rings is 1. The highest BCUT2D eigenvalue weighted by molar-refractivity contribution is 6.31. The van der Waals surface area contributed by atoms with Crippen molar-refractivity contribution in [3.05, 3.63) is 52.8 Å². The van der Waals surface area contributed by atoms with Crippen LogP contribution in [0.4, 0.5) is 0 Å². The van der Waals surface area contributed by atoms with Crippen molar-refractivity contribution in [3.63, 3.8) is 0 Å². The number of aromatic amines is 1. The molecule has 0 saturated carbocycles. The van der Waals surface area contributed by atoms with Crippen LogP contribution in [0.5, 0.6) is 5.75 Å². The van der Waals surface area contributed by atoms with Gasteiger partial charge in [0.15, 0.2) is 0 Å². The second kappa shape index (κ2) is 7.61. The Morgan fingerprint density at radius 3 is 2.44 bits per heavy atom. The maximum Gasteiger partial charge on any atom is 0.257 e. The van der Waals surface area contributed by atoms with Crippen molar-refractivity contribution in [1.29, 1.82) is 0 Å². The molecule has 0 aliphatic carbocycles. The fourth-order valence-electron chi connectivity index (χ4n) is 2.98. The number of nitrogens with zero attached hydrogens (tertiary/aromatic N) is 2. The standard InChI is InChI=1S/C18H20ClN3O3/c1-25-16-4-3-14(19)11-15(16)18(24)22-8-2-7-21(9-10-22)17(23)13-5-6-20-12-13/h3-6,11-12,20H,2,7-10H2,1H3. The Morgan fingerprint density at radius 2 is 1.80 bits per heavy atom. The fourth-order valence-corrected chi connectivity index (χ4v) is 3.15. The SMILES string of the molecule is COc1ccc(Cl)cc1C(=O)N1CCCN(C(=O)c2cc[nH]c2)CC1. The molecule has 25 heavy (non-hydrogen) atoms. The first-order chi connectivity index (χ1) is 12.1. The van der Waals surface area contributed by atoms with Gasteiger partial charge in [-0.25, -0.2) is 0 Å². The summed E-state index contributed by atoms with van der Waals surface area (Å²) in [5.74, 6) is 0.352. The van der Waals surface area contributed by atoms with Crippen LogP contribution in [0.15, 0.2) is 36.7 Å². The van der Waals surface area contributed by atoms with Crippen LogP contribution in [-0.4, -0.2) is 59.9 Å². The van der Waals surface area contributed by atoms with Crippen LogP contribution < -0.4 is 4.74 Å². The lowest BCUT2D eigenvalue weighted by atomic mass is 10.1. The molecule has 1 aliphatic heterocycles. The molecule has 0 atom stereocenters. The third-order valence-electron chi connectivity index (χ3n) is 4.31. The summed E-state index contributed by atoms with van der Waals surface area (Å²) in [6.45, 7) is 2.19. The van der Waals surface area contributed by atoms with Crippen LogP contribution in [0.2, 0.25) is 5.02 Å². The first-order valence-electron chi connectivity index (χ1n) is 8.15. The maximum atomic E-state index is 12.9. The van der Waals surface area contributed by atoms with E-state index < -0.39 is 0 Å². The lowest BCUT2D eigenvalue weighted by Crippen LogP contribution is -2.37. The monoisotopic (exact) mass is 361 g/mol. The van der Waals surface area contributed by atoms with Crippen molar-refractivity contribution in [1.82, 2.24) is 14.8 Å². The van der Waals surface area contributed by atoms with Gasteiger partial charge in [-0.1, -0.05) is 11.6 Å². The number of H-pyrrole nitrogens is 1. The highest BCUT2D eigenvalue weighted by Crippen LogP contribution is 2.24. The van der Waals surface area contributed by atoms with Gasteiger partial charge >= 0.3 is 0 Å². The molecule has 2 amide bonds. The molecule has 2 heterocycles. The zero-order valence-electron chi connectivity index (χ0n) is 14.0. The minimum Gasteiger partial charge on any atom is -0.496 e. The van der Waals surface area contributed by atoms with Gasteiger partial charge in [0.25, 0.3) is 11.8 Å². The van der Waals surface area contributed by atoms with Crippen LogP contribution >= 0.6 is 11.6 Å². The Labute approximate surface area is 151 Å². The van der Waals surface area contributed by atoms with E-state index in [1.165, 1.54) is 7.11 Å². The molecule has 7 heteroatoms. The molecule has 0 bridgehead atoms. The topological polar surface area (TPSA) is 65.6 Å². The van der Waals surface area contributed by atoms with Gasteiger partial charge in [0.1, 0.15) is 5.75 Å². The number of halogens is 1. The molecule has 1 saturated heterocycles. The maximum absolute atomic E-state index is 12.9. The number of amides is 2. The molecule has 0 radical (unpaired) electrons. The number of carbonyl (C=O) groups is 2. The molecule has 0 spiro atoms. The summed E-state index contributed by atoms with van der Waals surface area (Å²) in [5.41, 5.74) is 1.08. The molecule has 0 unspecified atom stereocenters. The van der Waals surface area contributed by atoms with E-state index in [-0.39, 0.29) is 11.8 Å². The van der Waals surface area contributed by atoms with Gasteiger partial charge in [-0.3, -0.25) is 9.59 Å². The molecule has 1 aromatic carbocycles. The van der Waals surface area contributed by atoms with Crippen molar-refractivity contribution in [2.75, 3.05) is 33.3 Å². The largest absolute Gasteiger partial charge is 0.496 e. The molecule has 2 aromatic rings. The molecule has 132 valence electrons. The zero-order chi connectivity index (χ0) is 17.8. The van der Waals surface area contributed by atoms with E-state index in [0.717, 1.165) is 6.42 Å². The second-order valence-corrected chi connectivity index (χ2v) is 6.32. The molecular formula is C18H20ClN3O3. The van der Waals surface area contributed by atoms with Crippen LogP contribution in [0.25, 0.3) is 0 Å². The van der Waals surface area contributed by atoms with Crippen LogP contribution in [0, 0.1) is 0 Å². The first-order valence-corrected chi connectivity index (χ1v) is 8.53. The highest BCUT2D eigenvalue weighted by atomic mass is 35.5. The predicted octanol–water partition coefficient (Wildman–Crippen LogP) is 2.67. The Bertz CT molecular complexity index is 761. The summed E-state index contributed by atoms with van der Waals surface area (Å²) in [4.78, 5) is 31.8. The summed E-state index contributed by atoms with van der Waals surface area (Å²) in [7, 11) is 1.53. The van der Waals surface area contributed by atoms with Crippen molar-refractivity contribution >= 4 is 23.4 Å². The number of hydrogen-bond donors (Lipinski definition) is 1. The number of rotatable bonds is 3. The van der Waals surface area contributed by atoms with Gasteiger partial charge in [0.05, 0.1) is 18.2 Å². The van der Waals surface area contributed by atoms with Crippen LogP contribution in [0.3, 0.4) is 0 Å². The number of methoxy groups -OCH3 is 1. The Hall–Kier alpha value is -2.47. The summed E-state index contributed by atoms with van der Waals surface area (Å²) >= 11 is 6.03. The zero-order valence-corrected chi connectivity index (χ0v) is 14.8. The Balaban J connectivity index is 1.72. The molecule has 1 N–H and O–H groups in total. The molecule has 6 nitrogen and oxygen atoms in total. The van der Waals surface area contributed by atoms with Gasteiger partial charge in [-0.05, 0) is 30.7 Å². The van der Waals surface area contributed by atoms with Crippen molar-refractivity contribution in [3.8, 4) is 5.75 Å². The smallest absolute Gasteiger partial charge is 0.257 e. The number of carbonyl (C=O) groups excluding carboxylic acids is 2. The average molecular weight is 362 g/mol. The Morgan fingerprint density at radius 1 is 1.08 bits per heavy atom. The third kappa shape index (κ3) is 3.79. The molecule has 1 aromatic heterocycles. The minimum absolute atomic E-state index is 0.0177. The van der Waals surface area contributed by atoms with Crippen molar-refractivity contribution in [2.45, 2.75) is 6.42 Å². The number of aromatic nitrogens is 1. The van der Waals surface area contributed by atoms with Gasteiger partial charge in [-0.2, -0.15) is 0 Å². The fraction of sp³-hybridized carbons (Fsp3) is 0.333. The number of nitrogens with one attached hydrogen (secondary N) is 1. The second-order valence-electron chi connectivity index (χ2n) is 5.88. The highest BCUT2D eigenvalue weighted by Gasteiger charge is 2.25. The third-order valence-corrected chi connectivity index (χ3v) is 4.54. The molecule has 1 fully saturated rings. The van der Waals surface area contributed by atoms with Gasteiger partial charge in [0.2, 0.25) is 0 Å². The van der Waals surface area contributed by atoms with E-state index in [1.807, 2.05) is 0 Å². The van der Waals surface area contributed by atoms with Gasteiger partial charge < -0.3 is 19.5 Å². The summed E-state index contributed by atoms with van der Waals surface area (Å²) in [5, 5.41) is 0.489. The van der Waals surface area contributed by atoms with E-state index in [0.29, 0.717) is 48.1 Å². The quantitative estimate of drug-likeness (QED) is 0.914. The average Bonchev–Trinajstić information content (AvgIpc) is 3.05. The van der Waals surface area contributed by atoms with Gasteiger partial charge in [0, 0.05) is 43.6 Å². The van der Waals surface area contributed by atoms with E-state index in [2.05, 4.69) is 4.98 Å². The Kier molecular flexibility index (Phi) is 5.28. The van der Waals surface area contributed by atoms with E-state index in [9.17, 15) is 9.59 Å². The molecule has 1 aliphatic rings. The summed E-state index contributed by atoms with van der Waals surface area (Å²) in [6, 6.07) is 6.76. The first kappa shape index (κ1) is 17.4. The lowest BCUT2D eigenvalue weighted by Gasteiger charge is -2.22. The lowest BCUT2D eigenvalue weighted by molar-refractivity contribution is 0.0717. The minimum atomic E-state index is -0.129. The molecule has 3 rings (SSSR count). The summed E-state index contributed by atoms with van der Waals surface area (Å²) < 4.78 is 5.28. The van der Waals surface area contributed by atoms with E-state index in [4.69, 9.17) is 16.3 Å². The van der Waals surface area contributed by atoms with Crippen molar-refractivity contribution < 1.29 is 14.3 Å².